The first kappa shape index (κ1) is 15.1. The van der Waals surface area contributed by atoms with Crippen molar-refractivity contribution >= 4 is 33.4 Å². The van der Waals surface area contributed by atoms with Crippen LogP contribution in [0.25, 0.3) is 0 Å². The highest BCUT2D eigenvalue weighted by molar-refractivity contribution is 9.10. The van der Waals surface area contributed by atoms with Crippen LogP contribution in [0, 0.1) is 6.92 Å². The number of halogens is 2. The summed E-state index contributed by atoms with van der Waals surface area (Å²) in [4.78, 5) is 12.2. The molecule has 0 aliphatic rings. The summed E-state index contributed by atoms with van der Waals surface area (Å²) in [5.41, 5.74) is 2.58. The minimum absolute atomic E-state index is 0.0495. The highest BCUT2D eigenvalue weighted by Gasteiger charge is 2.12. The number of aryl methyl sites for hydroxylation is 1. The first-order chi connectivity index (χ1) is 9.47. The van der Waals surface area contributed by atoms with Crippen LogP contribution in [-0.2, 0) is 0 Å². The van der Waals surface area contributed by atoms with Crippen molar-refractivity contribution in [3.8, 4) is 0 Å². The summed E-state index contributed by atoms with van der Waals surface area (Å²) in [5.74, 6) is -0.0971. The Labute approximate surface area is 132 Å². The van der Waals surface area contributed by atoms with Gasteiger partial charge in [-0.1, -0.05) is 39.7 Å². The third-order valence-corrected chi connectivity index (χ3v) is 4.09. The average molecular weight is 353 g/mol. The van der Waals surface area contributed by atoms with Crippen LogP contribution in [0.3, 0.4) is 0 Å². The van der Waals surface area contributed by atoms with Crippen LogP contribution < -0.4 is 5.32 Å². The topological polar surface area (TPSA) is 29.1 Å². The highest BCUT2D eigenvalue weighted by atomic mass is 79.9. The molecule has 1 N–H and O–H groups in total. The first-order valence-corrected chi connectivity index (χ1v) is 7.47. The zero-order valence-electron chi connectivity index (χ0n) is 11.3. The zero-order chi connectivity index (χ0) is 14.7. The smallest absolute Gasteiger partial charge is 0.251 e. The summed E-state index contributed by atoms with van der Waals surface area (Å²) < 4.78 is 1.02. The summed E-state index contributed by atoms with van der Waals surface area (Å²) in [5, 5.41) is 3.65. The van der Waals surface area contributed by atoms with Crippen LogP contribution in [0.5, 0.6) is 0 Å². The fourth-order valence-electron chi connectivity index (χ4n) is 1.90. The Morgan fingerprint density at radius 2 is 1.85 bits per heavy atom. The van der Waals surface area contributed by atoms with Gasteiger partial charge in [0.05, 0.1) is 6.04 Å². The van der Waals surface area contributed by atoms with Crippen molar-refractivity contribution in [2.75, 3.05) is 0 Å². The van der Waals surface area contributed by atoms with Gasteiger partial charge in [0.2, 0.25) is 0 Å². The average Bonchev–Trinajstić information content (AvgIpc) is 2.42. The van der Waals surface area contributed by atoms with Gasteiger partial charge >= 0.3 is 0 Å². The predicted molar refractivity (Wildman–Crippen MR) is 86.2 cm³/mol. The summed E-state index contributed by atoms with van der Waals surface area (Å²) in [6.45, 7) is 3.85. The van der Waals surface area contributed by atoms with Gasteiger partial charge in [-0.3, -0.25) is 4.79 Å². The molecule has 0 aromatic heterocycles. The van der Waals surface area contributed by atoms with Gasteiger partial charge in [-0.25, -0.2) is 0 Å². The molecule has 1 amide bonds. The van der Waals surface area contributed by atoms with E-state index in [1.165, 1.54) is 0 Å². The van der Waals surface area contributed by atoms with E-state index < -0.39 is 0 Å². The van der Waals surface area contributed by atoms with Crippen LogP contribution in [0.4, 0.5) is 0 Å². The van der Waals surface area contributed by atoms with Gasteiger partial charge in [-0.05, 0) is 55.3 Å². The lowest BCUT2D eigenvalue weighted by Crippen LogP contribution is -2.26. The van der Waals surface area contributed by atoms with E-state index in [4.69, 9.17) is 11.6 Å². The molecule has 0 spiro atoms. The Kier molecular flexibility index (Phi) is 4.84. The normalized spacial score (nSPS) is 12.0. The van der Waals surface area contributed by atoms with Crippen molar-refractivity contribution in [3.05, 3.63) is 68.7 Å². The van der Waals surface area contributed by atoms with Crippen LogP contribution in [0.1, 0.15) is 34.5 Å². The van der Waals surface area contributed by atoms with Gasteiger partial charge in [0.25, 0.3) is 5.91 Å². The molecule has 0 saturated heterocycles. The van der Waals surface area contributed by atoms with Gasteiger partial charge < -0.3 is 5.32 Å². The predicted octanol–water partition coefficient (Wildman–Crippen LogP) is 4.90. The van der Waals surface area contributed by atoms with E-state index in [9.17, 15) is 4.79 Å². The molecular formula is C16H15BrClNO. The standard InChI is InChI=1S/C16H15BrClNO/c1-10-9-13(5-8-15(10)18)16(20)19-11(2)12-3-6-14(17)7-4-12/h3-9,11H,1-2H3,(H,19,20). The minimum atomic E-state index is -0.0971. The summed E-state index contributed by atoms with van der Waals surface area (Å²) in [6.07, 6.45) is 0. The van der Waals surface area contributed by atoms with Gasteiger partial charge in [-0.2, -0.15) is 0 Å². The molecule has 2 rings (SSSR count). The van der Waals surface area contributed by atoms with E-state index in [1.54, 1.807) is 18.2 Å². The molecule has 0 radical (unpaired) electrons. The molecule has 2 aromatic carbocycles. The SMILES string of the molecule is Cc1cc(C(=O)NC(C)c2ccc(Br)cc2)ccc1Cl. The van der Waals surface area contributed by atoms with Crippen LogP contribution in [-0.4, -0.2) is 5.91 Å². The number of carbonyl (C=O) groups is 1. The second-order valence-electron chi connectivity index (χ2n) is 4.71. The molecular weight excluding hydrogens is 338 g/mol. The van der Waals surface area contributed by atoms with E-state index in [0.29, 0.717) is 10.6 Å². The monoisotopic (exact) mass is 351 g/mol. The van der Waals surface area contributed by atoms with E-state index >= 15 is 0 Å². The first-order valence-electron chi connectivity index (χ1n) is 6.30. The Morgan fingerprint density at radius 3 is 2.45 bits per heavy atom. The molecule has 0 saturated carbocycles. The molecule has 2 nitrogen and oxygen atoms in total. The molecule has 1 atom stereocenters. The largest absolute Gasteiger partial charge is 0.346 e. The molecule has 0 aliphatic carbocycles. The van der Waals surface area contributed by atoms with Crippen LogP contribution in [0.2, 0.25) is 5.02 Å². The van der Waals surface area contributed by atoms with Gasteiger partial charge in [-0.15, -0.1) is 0 Å². The van der Waals surface area contributed by atoms with Crippen molar-refractivity contribution < 1.29 is 4.79 Å². The number of carbonyl (C=O) groups excluding carboxylic acids is 1. The second-order valence-corrected chi connectivity index (χ2v) is 6.03. The van der Waals surface area contributed by atoms with Crippen molar-refractivity contribution in [2.45, 2.75) is 19.9 Å². The number of benzene rings is 2. The second kappa shape index (κ2) is 6.42. The lowest BCUT2D eigenvalue weighted by Gasteiger charge is -2.15. The Hall–Kier alpha value is -1.32. The molecule has 4 heteroatoms. The van der Waals surface area contributed by atoms with Crippen LogP contribution >= 0.6 is 27.5 Å². The Bertz CT molecular complexity index is 625. The molecule has 2 aromatic rings. The third kappa shape index (κ3) is 3.62. The number of hydrogen-bond acceptors (Lipinski definition) is 1. The number of amides is 1. The van der Waals surface area contributed by atoms with E-state index in [0.717, 1.165) is 15.6 Å². The maximum absolute atomic E-state index is 12.2. The Balaban J connectivity index is 2.10. The van der Waals surface area contributed by atoms with E-state index in [1.807, 2.05) is 38.1 Å². The van der Waals surface area contributed by atoms with Crippen molar-refractivity contribution in [2.24, 2.45) is 0 Å². The van der Waals surface area contributed by atoms with Gasteiger partial charge in [0, 0.05) is 15.1 Å². The molecule has 20 heavy (non-hydrogen) atoms. The fourth-order valence-corrected chi connectivity index (χ4v) is 2.28. The molecule has 0 heterocycles. The van der Waals surface area contributed by atoms with E-state index in [-0.39, 0.29) is 11.9 Å². The summed E-state index contributed by atoms with van der Waals surface area (Å²) >= 11 is 9.36. The molecule has 0 aliphatic heterocycles. The van der Waals surface area contributed by atoms with Gasteiger partial charge in [0.15, 0.2) is 0 Å². The fraction of sp³-hybridized carbons (Fsp3) is 0.188. The van der Waals surface area contributed by atoms with Crippen molar-refractivity contribution in [1.82, 2.24) is 5.32 Å². The van der Waals surface area contributed by atoms with Crippen molar-refractivity contribution in [1.29, 1.82) is 0 Å². The molecule has 0 fully saturated rings. The Morgan fingerprint density at radius 1 is 1.20 bits per heavy atom. The van der Waals surface area contributed by atoms with E-state index in [2.05, 4.69) is 21.2 Å². The lowest BCUT2D eigenvalue weighted by atomic mass is 10.1. The zero-order valence-corrected chi connectivity index (χ0v) is 13.6. The van der Waals surface area contributed by atoms with Gasteiger partial charge in [0.1, 0.15) is 0 Å². The maximum atomic E-state index is 12.2. The molecule has 104 valence electrons. The summed E-state index contributed by atoms with van der Waals surface area (Å²) in [7, 11) is 0. The lowest BCUT2D eigenvalue weighted by molar-refractivity contribution is 0.0940. The minimum Gasteiger partial charge on any atom is -0.346 e. The maximum Gasteiger partial charge on any atom is 0.251 e. The molecule has 0 bridgehead atoms. The van der Waals surface area contributed by atoms with Crippen LogP contribution in [0.15, 0.2) is 46.9 Å². The number of nitrogens with one attached hydrogen (secondary N) is 1. The number of hydrogen-bond donors (Lipinski definition) is 1. The highest BCUT2D eigenvalue weighted by Crippen LogP contribution is 2.19. The third-order valence-electron chi connectivity index (χ3n) is 3.14. The summed E-state index contributed by atoms with van der Waals surface area (Å²) in [6, 6.07) is 13.1. The molecule has 1 unspecified atom stereocenters. The quantitative estimate of drug-likeness (QED) is 0.836. The van der Waals surface area contributed by atoms with Crippen molar-refractivity contribution in [3.63, 3.8) is 0 Å². The number of rotatable bonds is 3.